The molecule has 1 atom stereocenters. The number of hydrogen-bond donors (Lipinski definition) is 3. The highest BCUT2D eigenvalue weighted by molar-refractivity contribution is 7.89. The Morgan fingerprint density at radius 3 is 2.16 bits per heavy atom. The second-order valence-corrected chi connectivity index (χ2v) is 7.71. The minimum Gasteiger partial charge on any atom is -0.334 e. The first-order valence-electron chi connectivity index (χ1n) is 7.98. The van der Waals surface area contributed by atoms with Crippen molar-refractivity contribution in [1.29, 1.82) is 0 Å². The molecule has 0 saturated heterocycles. The molecule has 0 saturated carbocycles. The number of rotatable bonds is 6. The van der Waals surface area contributed by atoms with E-state index in [1.165, 1.54) is 12.1 Å². The van der Waals surface area contributed by atoms with E-state index >= 15 is 0 Å². The van der Waals surface area contributed by atoms with Crippen molar-refractivity contribution in [3.05, 3.63) is 65.7 Å². The van der Waals surface area contributed by atoms with E-state index in [-0.39, 0.29) is 29.4 Å². The van der Waals surface area contributed by atoms with E-state index in [0.717, 1.165) is 11.1 Å². The van der Waals surface area contributed by atoms with Crippen molar-refractivity contribution in [1.82, 2.24) is 10.6 Å². The molecule has 0 spiro atoms. The highest BCUT2D eigenvalue weighted by Gasteiger charge is 2.17. The summed E-state index contributed by atoms with van der Waals surface area (Å²) in [7, 11) is -3.71. The molecule has 0 radical (unpaired) electrons. The molecule has 0 aliphatic carbocycles. The van der Waals surface area contributed by atoms with Gasteiger partial charge in [0.05, 0.1) is 10.9 Å². The number of carbonyl (C=O) groups is 1. The second kappa shape index (κ2) is 8.13. The largest absolute Gasteiger partial charge is 0.334 e. The first-order chi connectivity index (χ1) is 11.8. The Hall–Kier alpha value is -2.38. The van der Waals surface area contributed by atoms with Gasteiger partial charge < -0.3 is 10.6 Å². The van der Waals surface area contributed by atoms with Gasteiger partial charge in [0.25, 0.3) is 0 Å². The summed E-state index contributed by atoms with van der Waals surface area (Å²) in [6.45, 7) is 4.38. The molecule has 2 aromatic rings. The summed E-state index contributed by atoms with van der Waals surface area (Å²) >= 11 is 0. The summed E-state index contributed by atoms with van der Waals surface area (Å²) < 4.78 is 22.5. The third-order valence-corrected chi connectivity index (χ3v) is 4.75. The first-order valence-corrected chi connectivity index (χ1v) is 9.53. The van der Waals surface area contributed by atoms with Gasteiger partial charge >= 0.3 is 6.03 Å². The van der Waals surface area contributed by atoms with Crippen molar-refractivity contribution in [2.75, 3.05) is 0 Å². The van der Waals surface area contributed by atoms with Gasteiger partial charge in [-0.05, 0) is 29.2 Å². The molecule has 0 aromatic heterocycles. The maximum atomic E-state index is 12.2. The molecule has 0 bridgehead atoms. The normalized spacial score (nSPS) is 12.6. The number of primary sulfonamides is 1. The molecule has 0 aliphatic rings. The maximum absolute atomic E-state index is 12.2. The van der Waals surface area contributed by atoms with Crippen LogP contribution >= 0.6 is 0 Å². The highest BCUT2D eigenvalue weighted by Crippen LogP contribution is 2.21. The van der Waals surface area contributed by atoms with E-state index in [0.29, 0.717) is 0 Å². The molecule has 4 N–H and O–H groups in total. The fraction of sp³-hybridized carbons (Fsp3) is 0.278. The molecule has 6 nitrogen and oxygen atoms in total. The van der Waals surface area contributed by atoms with Crippen molar-refractivity contribution in [3.63, 3.8) is 0 Å². The number of nitrogens with one attached hydrogen (secondary N) is 2. The average molecular weight is 361 g/mol. The van der Waals surface area contributed by atoms with E-state index in [1.807, 2.05) is 44.2 Å². The number of amides is 2. The molecule has 25 heavy (non-hydrogen) atoms. The van der Waals surface area contributed by atoms with Crippen molar-refractivity contribution < 1.29 is 13.2 Å². The lowest BCUT2D eigenvalue weighted by Gasteiger charge is -2.23. The van der Waals surface area contributed by atoms with Crippen molar-refractivity contribution in [2.24, 2.45) is 11.1 Å². The van der Waals surface area contributed by atoms with E-state index in [4.69, 9.17) is 5.14 Å². The van der Waals surface area contributed by atoms with Gasteiger partial charge in [0.1, 0.15) is 0 Å². The molecule has 134 valence electrons. The van der Waals surface area contributed by atoms with Crippen LogP contribution in [0.5, 0.6) is 0 Å². The van der Waals surface area contributed by atoms with E-state index in [9.17, 15) is 13.2 Å². The number of urea groups is 1. The lowest BCUT2D eigenvalue weighted by atomic mass is 9.96. The Bertz CT molecular complexity index is 803. The zero-order valence-electron chi connectivity index (χ0n) is 14.3. The van der Waals surface area contributed by atoms with Crippen LogP contribution in [-0.2, 0) is 16.6 Å². The molecular formula is C18H23N3O3S. The number of benzene rings is 2. The summed E-state index contributed by atoms with van der Waals surface area (Å²) in [6.07, 6.45) is 0. The lowest BCUT2D eigenvalue weighted by molar-refractivity contribution is 0.232. The van der Waals surface area contributed by atoms with E-state index in [2.05, 4.69) is 10.6 Å². The van der Waals surface area contributed by atoms with Gasteiger partial charge in [-0.1, -0.05) is 56.3 Å². The number of sulfonamides is 1. The Balaban J connectivity index is 1.95. The van der Waals surface area contributed by atoms with Crippen molar-refractivity contribution >= 4 is 16.1 Å². The van der Waals surface area contributed by atoms with Crippen LogP contribution in [-0.4, -0.2) is 14.4 Å². The summed E-state index contributed by atoms with van der Waals surface area (Å²) in [4.78, 5) is 12.2. The third-order valence-electron chi connectivity index (χ3n) is 3.82. The average Bonchev–Trinajstić information content (AvgIpc) is 2.58. The topological polar surface area (TPSA) is 101 Å². The zero-order chi connectivity index (χ0) is 18.4. The van der Waals surface area contributed by atoms with Gasteiger partial charge in [0, 0.05) is 6.54 Å². The molecule has 0 unspecified atom stereocenters. The van der Waals surface area contributed by atoms with Gasteiger partial charge in [-0.15, -0.1) is 0 Å². The third kappa shape index (κ3) is 5.58. The quantitative estimate of drug-likeness (QED) is 0.737. The maximum Gasteiger partial charge on any atom is 0.315 e. The Kier molecular flexibility index (Phi) is 6.17. The molecular weight excluding hydrogens is 338 g/mol. The standard InChI is InChI=1S/C18H23N3O3S/c1-13(2)17(15-6-4-3-5-7-15)21-18(22)20-12-14-8-10-16(11-9-14)25(19,23)24/h3-11,13,17H,12H2,1-2H3,(H2,19,23,24)(H2,20,21,22)/t17-/m1/s1. The molecule has 0 heterocycles. The van der Waals surface area contributed by atoms with Gasteiger partial charge in [0.15, 0.2) is 0 Å². The van der Waals surface area contributed by atoms with Gasteiger partial charge in [-0.2, -0.15) is 0 Å². The van der Waals surface area contributed by atoms with Crippen molar-refractivity contribution in [2.45, 2.75) is 31.3 Å². The minimum atomic E-state index is -3.71. The van der Waals surface area contributed by atoms with Crippen molar-refractivity contribution in [3.8, 4) is 0 Å². The van der Waals surface area contributed by atoms with Crippen LogP contribution in [0.1, 0.15) is 31.0 Å². The van der Waals surface area contributed by atoms with Crippen LogP contribution in [0, 0.1) is 5.92 Å². The van der Waals surface area contributed by atoms with Crippen LogP contribution in [0.15, 0.2) is 59.5 Å². The summed E-state index contributed by atoms with van der Waals surface area (Å²) in [5.41, 5.74) is 1.83. The monoisotopic (exact) mass is 361 g/mol. The lowest BCUT2D eigenvalue weighted by Crippen LogP contribution is -2.39. The second-order valence-electron chi connectivity index (χ2n) is 6.15. The summed E-state index contributed by atoms with van der Waals surface area (Å²) in [6, 6.07) is 15.5. The molecule has 2 rings (SSSR count). The van der Waals surface area contributed by atoms with Crippen LogP contribution in [0.3, 0.4) is 0 Å². The number of hydrogen-bond acceptors (Lipinski definition) is 3. The fourth-order valence-electron chi connectivity index (χ4n) is 2.47. The highest BCUT2D eigenvalue weighted by atomic mass is 32.2. The minimum absolute atomic E-state index is 0.0460. The SMILES string of the molecule is CC(C)[C@@H](NC(=O)NCc1ccc(S(N)(=O)=O)cc1)c1ccccc1. The van der Waals surface area contributed by atoms with Crippen LogP contribution in [0.25, 0.3) is 0 Å². The fourth-order valence-corrected chi connectivity index (χ4v) is 2.98. The zero-order valence-corrected chi connectivity index (χ0v) is 15.1. The summed E-state index contributed by atoms with van der Waals surface area (Å²) in [5, 5.41) is 10.8. The van der Waals surface area contributed by atoms with E-state index in [1.54, 1.807) is 12.1 Å². The van der Waals surface area contributed by atoms with Gasteiger partial charge in [0.2, 0.25) is 10.0 Å². The summed E-state index contributed by atoms with van der Waals surface area (Å²) in [5.74, 6) is 0.238. The Morgan fingerprint density at radius 2 is 1.64 bits per heavy atom. The van der Waals surface area contributed by atoms with Gasteiger partial charge in [-0.25, -0.2) is 18.4 Å². The smallest absolute Gasteiger partial charge is 0.315 e. The Labute approximate surface area is 148 Å². The van der Waals surface area contributed by atoms with Crippen LogP contribution < -0.4 is 15.8 Å². The number of carbonyl (C=O) groups excluding carboxylic acids is 1. The molecule has 2 aromatic carbocycles. The van der Waals surface area contributed by atoms with Crippen LogP contribution in [0.2, 0.25) is 0 Å². The predicted molar refractivity (Wildman–Crippen MR) is 97.2 cm³/mol. The predicted octanol–water partition coefficient (Wildman–Crippen LogP) is 2.53. The molecule has 0 fully saturated rings. The first kappa shape index (κ1) is 19.0. The molecule has 7 heteroatoms. The van der Waals surface area contributed by atoms with E-state index < -0.39 is 10.0 Å². The van der Waals surface area contributed by atoms with Crippen LogP contribution in [0.4, 0.5) is 4.79 Å². The molecule has 0 aliphatic heterocycles. The Morgan fingerprint density at radius 1 is 1.04 bits per heavy atom. The number of nitrogens with two attached hydrogens (primary N) is 1. The van der Waals surface area contributed by atoms with Gasteiger partial charge in [-0.3, -0.25) is 0 Å². The molecule has 2 amide bonds.